The van der Waals surface area contributed by atoms with E-state index < -0.39 is 0 Å². The van der Waals surface area contributed by atoms with Crippen molar-refractivity contribution in [3.63, 3.8) is 0 Å². The van der Waals surface area contributed by atoms with Gasteiger partial charge in [0.05, 0.1) is 12.7 Å². The lowest BCUT2D eigenvalue weighted by atomic mass is 9.94. The molecule has 0 fully saturated rings. The summed E-state index contributed by atoms with van der Waals surface area (Å²) in [4.78, 5) is 11.1. The zero-order chi connectivity index (χ0) is 18.7. The first-order valence-electron chi connectivity index (χ1n) is 9.52. The van der Waals surface area contributed by atoms with Crippen molar-refractivity contribution in [2.24, 2.45) is 4.99 Å². The van der Waals surface area contributed by atoms with Gasteiger partial charge in [-0.1, -0.05) is 34.6 Å². The maximum absolute atomic E-state index is 5.79. The number of oxazole rings is 1. The van der Waals surface area contributed by atoms with Crippen LogP contribution >= 0.6 is 0 Å². The second-order valence-corrected chi connectivity index (χ2v) is 7.42. The summed E-state index contributed by atoms with van der Waals surface area (Å²) in [6, 6.07) is 0. The average molecular weight is 352 g/mol. The molecule has 6 heteroatoms. The molecule has 0 spiro atoms. The van der Waals surface area contributed by atoms with Crippen molar-refractivity contribution in [2.75, 3.05) is 33.2 Å². The van der Waals surface area contributed by atoms with E-state index in [2.05, 4.69) is 60.1 Å². The highest BCUT2D eigenvalue weighted by Gasteiger charge is 2.19. The van der Waals surface area contributed by atoms with Crippen LogP contribution in [0.4, 0.5) is 0 Å². The maximum Gasteiger partial charge on any atom is 0.213 e. The molecule has 1 aromatic heterocycles. The normalized spacial score (nSPS) is 12.7. The molecule has 1 aromatic rings. The molecule has 0 unspecified atom stereocenters. The van der Waals surface area contributed by atoms with Crippen LogP contribution in [-0.2, 0) is 12.0 Å². The van der Waals surface area contributed by atoms with E-state index in [4.69, 9.17) is 4.42 Å². The Morgan fingerprint density at radius 2 is 1.84 bits per heavy atom. The second-order valence-electron chi connectivity index (χ2n) is 7.42. The summed E-state index contributed by atoms with van der Waals surface area (Å²) in [6.07, 6.45) is 5.34. The number of aliphatic imine (C=N–C) groups is 1. The number of hydrogen-bond donors (Lipinski definition) is 2. The monoisotopic (exact) mass is 351 g/mol. The lowest BCUT2D eigenvalue weighted by Crippen LogP contribution is -2.38. The first kappa shape index (κ1) is 21.5. The summed E-state index contributed by atoms with van der Waals surface area (Å²) in [5, 5.41) is 6.62. The Kier molecular flexibility index (Phi) is 9.57. The van der Waals surface area contributed by atoms with Gasteiger partial charge in [-0.05, 0) is 38.9 Å². The Bertz CT molecular complexity index is 498. The first-order valence-corrected chi connectivity index (χ1v) is 9.52. The maximum atomic E-state index is 5.79. The fraction of sp³-hybridized carbons (Fsp3) is 0.789. The van der Waals surface area contributed by atoms with Crippen LogP contribution in [0.15, 0.2) is 15.6 Å². The van der Waals surface area contributed by atoms with Crippen molar-refractivity contribution in [1.29, 1.82) is 0 Å². The molecule has 0 amide bonds. The molecule has 0 bridgehead atoms. The molecule has 25 heavy (non-hydrogen) atoms. The lowest BCUT2D eigenvalue weighted by Gasteiger charge is -2.21. The van der Waals surface area contributed by atoms with Crippen LogP contribution in [0.1, 0.15) is 65.5 Å². The third-order valence-electron chi connectivity index (χ3n) is 3.95. The summed E-state index contributed by atoms with van der Waals surface area (Å²) >= 11 is 0. The molecule has 1 rings (SSSR count). The summed E-state index contributed by atoms with van der Waals surface area (Å²) in [6.45, 7) is 15.8. The Hall–Kier alpha value is -1.56. The minimum absolute atomic E-state index is 0.0198. The molecule has 0 atom stereocenters. The van der Waals surface area contributed by atoms with E-state index in [1.807, 2.05) is 6.20 Å². The Morgan fingerprint density at radius 1 is 1.16 bits per heavy atom. The topological polar surface area (TPSA) is 65.7 Å². The van der Waals surface area contributed by atoms with Crippen LogP contribution in [-0.4, -0.2) is 49.1 Å². The predicted molar refractivity (Wildman–Crippen MR) is 105 cm³/mol. The van der Waals surface area contributed by atoms with Gasteiger partial charge in [0.2, 0.25) is 5.89 Å². The van der Waals surface area contributed by atoms with Crippen LogP contribution in [0.3, 0.4) is 0 Å². The van der Waals surface area contributed by atoms with Crippen LogP contribution in [0.25, 0.3) is 0 Å². The van der Waals surface area contributed by atoms with E-state index in [9.17, 15) is 0 Å². The largest absolute Gasteiger partial charge is 0.443 e. The number of hydrogen-bond acceptors (Lipinski definition) is 4. The van der Waals surface area contributed by atoms with E-state index in [-0.39, 0.29) is 5.41 Å². The van der Waals surface area contributed by atoms with Gasteiger partial charge in [-0.3, -0.25) is 4.99 Å². The van der Waals surface area contributed by atoms with Crippen molar-refractivity contribution in [2.45, 2.75) is 65.8 Å². The Labute approximate surface area is 153 Å². The fourth-order valence-corrected chi connectivity index (χ4v) is 2.60. The van der Waals surface area contributed by atoms with Crippen LogP contribution in [0, 0.1) is 0 Å². The van der Waals surface area contributed by atoms with Crippen LogP contribution in [0.5, 0.6) is 0 Å². The summed E-state index contributed by atoms with van der Waals surface area (Å²) < 4.78 is 5.79. The zero-order valence-electron chi connectivity index (χ0n) is 17.0. The Balaban J connectivity index is 2.32. The van der Waals surface area contributed by atoms with Gasteiger partial charge < -0.3 is 20.0 Å². The highest BCUT2D eigenvalue weighted by Crippen LogP contribution is 2.22. The predicted octanol–water partition coefficient (Wildman–Crippen LogP) is 3.15. The number of nitrogens with zero attached hydrogens (tertiary/aromatic N) is 3. The van der Waals surface area contributed by atoms with E-state index in [0.717, 1.165) is 31.2 Å². The van der Waals surface area contributed by atoms with Gasteiger partial charge >= 0.3 is 0 Å². The van der Waals surface area contributed by atoms with Gasteiger partial charge in [-0.25, -0.2) is 4.98 Å². The molecule has 2 N–H and O–H groups in total. The molecule has 0 aliphatic heterocycles. The molecule has 0 radical (unpaired) electrons. The number of guanidine groups is 1. The summed E-state index contributed by atoms with van der Waals surface area (Å²) in [7, 11) is 1.78. The van der Waals surface area contributed by atoms with Gasteiger partial charge in [-0.2, -0.15) is 0 Å². The second kappa shape index (κ2) is 11.1. The molecular weight excluding hydrogens is 314 g/mol. The van der Waals surface area contributed by atoms with Crippen LogP contribution in [0.2, 0.25) is 0 Å². The van der Waals surface area contributed by atoms with Crippen molar-refractivity contribution in [3.8, 4) is 0 Å². The summed E-state index contributed by atoms with van der Waals surface area (Å²) in [5.41, 5.74) is -0.0198. The number of nitrogens with one attached hydrogen (secondary N) is 2. The van der Waals surface area contributed by atoms with Gasteiger partial charge in [0.1, 0.15) is 5.76 Å². The third kappa shape index (κ3) is 8.38. The number of rotatable bonds is 10. The molecular formula is C19H37N5O. The first-order chi connectivity index (χ1) is 11.9. The smallest absolute Gasteiger partial charge is 0.213 e. The fourth-order valence-electron chi connectivity index (χ4n) is 2.60. The van der Waals surface area contributed by atoms with Crippen molar-refractivity contribution in [1.82, 2.24) is 20.5 Å². The molecule has 0 aliphatic rings. The minimum Gasteiger partial charge on any atom is -0.443 e. The minimum atomic E-state index is -0.0198. The van der Waals surface area contributed by atoms with E-state index in [1.165, 1.54) is 25.9 Å². The van der Waals surface area contributed by atoms with Gasteiger partial charge in [-0.15, -0.1) is 0 Å². The highest BCUT2D eigenvalue weighted by molar-refractivity contribution is 5.79. The van der Waals surface area contributed by atoms with Crippen LogP contribution < -0.4 is 10.6 Å². The lowest BCUT2D eigenvalue weighted by molar-refractivity contribution is 0.271. The van der Waals surface area contributed by atoms with Crippen molar-refractivity contribution in [3.05, 3.63) is 17.8 Å². The zero-order valence-corrected chi connectivity index (χ0v) is 17.0. The van der Waals surface area contributed by atoms with E-state index >= 15 is 0 Å². The van der Waals surface area contributed by atoms with E-state index in [1.54, 1.807) is 7.05 Å². The van der Waals surface area contributed by atoms with Gasteiger partial charge in [0.15, 0.2) is 5.96 Å². The summed E-state index contributed by atoms with van der Waals surface area (Å²) in [5.74, 6) is 2.37. The highest BCUT2D eigenvalue weighted by atomic mass is 16.4. The molecule has 0 saturated carbocycles. The van der Waals surface area contributed by atoms with Crippen molar-refractivity contribution < 1.29 is 4.42 Å². The Morgan fingerprint density at radius 3 is 2.36 bits per heavy atom. The average Bonchev–Trinajstić information content (AvgIpc) is 3.04. The SMILES string of the molecule is CCCN(CCC)CCCNC(=NC)NCc1ncc(C(C)(C)C)o1. The standard InChI is InChI=1S/C19H37N5O/c1-7-11-24(12-8-2)13-9-10-21-18(20-6)23-15-17-22-14-16(25-17)19(3,4)5/h14H,7-13,15H2,1-6H3,(H2,20,21,23). The number of aromatic nitrogens is 1. The molecule has 1 heterocycles. The quantitative estimate of drug-likeness (QED) is 0.385. The van der Waals surface area contributed by atoms with Gasteiger partial charge in [0, 0.05) is 19.0 Å². The molecule has 0 aliphatic carbocycles. The van der Waals surface area contributed by atoms with Crippen molar-refractivity contribution >= 4 is 5.96 Å². The van der Waals surface area contributed by atoms with E-state index in [0.29, 0.717) is 12.4 Å². The molecule has 0 aromatic carbocycles. The third-order valence-corrected chi connectivity index (χ3v) is 3.95. The molecule has 0 saturated heterocycles. The molecule has 6 nitrogen and oxygen atoms in total. The molecule has 144 valence electrons. The van der Waals surface area contributed by atoms with Gasteiger partial charge in [0.25, 0.3) is 0 Å².